The third-order valence-electron chi connectivity index (χ3n) is 6.56. The molecular formula is C27H28N4O+2. The minimum Gasteiger partial charge on any atom is -0.371 e. The third kappa shape index (κ3) is 3.71. The Kier molecular flexibility index (Phi) is 5.10. The van der Waals surface area contributed by atoms with Crippen LogP contribution < -0.4 is 14.5 Å². The van der Waals surface area contributed by atoms with Crippen LogP contribution in [0.1, 0.15) is 16.2 Å². The van der Waals surface area contributed by atoms with Crippen molar-refractivity contribution in [2.45, 2.75) is 25.9 Å². The first kappa shape index (κ1) is 20.2. The van der Waals surface area contributed by atoms with E-state index in [-0.39, 0.29) is 12.5 Å². The Labute approximate surface area is 188 Å². The van der Waals surface area contributed by atoms with Crippen molar-refractivity contribution < 1.29 is 13.9 Å². The van der Waals surface area contributed by atoms with Gasteiger partial charge in [-0.2, -0.15) is 0 Å². The van der Waals surface area contributed by atoms with Crippen molar-refractivity contribution in [1.82, 2.24) is 4.57 Å². The molecule has 0 unspecified atom stereocenters. The molecule has 32 heavy (non-hydrogen) atoms. The van der Waals surface area contributed by atoms with Crippen LogP contribution in [0, 0.1) is 5.92 Å². The van der Waals surface area contributed by atoms with Gasteiger partial charge in [0.2, 0.25) is 0 Å². The summed E-state index contributed by atoms with van der Waals surface area (Å²) in [6.45, 7) is 13.9. The largest absolute Gasteiger partial charge is 0.411 e. The molecule has 1 aliphatic carbocycles. The normalized spacial score (nSPS) is 14.6. The molecule has 2 bridgehead atoms. The molecule has 2 aliphatic rings. The molecule has 1 aliphatic heterocycles. The molecule has 3 aromatic heterocycles. The standard InChI is InChI=1S/C27H27N4O/c1-4-11-29-12-7-21(8-13-29)22-9-14-30(15-10-22)27(32)17-28-25-16-23-5-6-26(25)31(23)18-24-19(2)20(24)3/h4,7-10,12-16,24H,1-3,5-6,11,17-18H2/q+1/p+1. The van der Waals surface area contributed by atoms with E-state index < -0.39 is 0 Å². The van der Waals surface area contributed by atoms with E-state index >= 15 is 0 Å². The summed E-state index contributed by atoms with van der Waals surface area (Å²) < 4.78 is 6.08. The second-order valence-corrected chi connectivity index (χ2v) is 8.52. The molecule has 4 heterocycles. The van der Waals surface area contributed by atoms with Crippen LogP contribution in [-0.4, -0.2) is 17.0 Å². The monoisotopic (exact) mass is 424 g/mol. The summed E-state index contributed by atoms with van der Waals surface area (Å²) in [7, 11) is 0. The van der Waals surface area contributed by atoms with Gasteiger partial charge in [-0.25, -0.2) is 9.36 Å². The summed E-state index contributed by atoms with van der Waals surface area (Å²) in [5.74, 6) is 0.427. The van der Waals surface area contributed by atoms with Gasteiger partial charge in [0.05, 0.1) is 5.69 Å². The smallest absolute Gasteiger partial charge is 0.371 e. The molecule has 0 spiro atoms. The Hall–Kier alpha value is -3.73. The predicted octanol–water partition coefficient (Wildman–Crippen LogP) is 3.51. The fourth-order valence-corrected chi connectivity index (χ4v) is 4.50. The van der Waals surface area contributed by atoms with Crippen LogP contribution in [0.5, 0.6) is 0 Å². The lowest BCUT2D eigenvalue weighted by molar-refractivity contribution is -0.686. The van der Waals surface area contributed by atoms with E-state index in [0.29, 0.717) is 5.92 Å². The molecule has 3 aromatic rings. The van der Waals surface area contributed by atoms with Gasteiger partial charge in [0, 0.05) is 48.1 Å². The number of carbonyl (C=O) groups is 1. The Balaban J connectivity index is 1.22. The Morgan fingerprint density at radius 2 is 1.72 bits per heavy atom. The lowest BCUT2D eigenvalue weighted by Crippen LogP contribution is -2.45. The number of nitrogens with zero attached hydrogens (tertiary/aromatic N) is 3. The summed E-state index contributed by atoms with van der Waals surface area (Å²) in [5, 5.41) is 3.36. The highest BCUT2D eigenvalue weighted by Crippen LogP contribution is 2.45. The lowest BCUT2D eigenvalue weighted by atomic mass is 10.1. The maximum Gasteiger partial charge on any atom is 0.411 e. The second-order valence-electron chi connectivity index (χ2n) is 8.52. The SMILES string of the molecule is C=CC[n+]1ccc(-c2cc[n+](C(=O)CNc3cc4n(CC5C(=C)C5=C)c3CC4)cc2)cc1. The van der Waals surface area contributed by atoms with Crippen molar-refractivity contribution in [2.75, 3.05) is 11.9 Å². The van der Waals surface area contributed by atoms with Crippen LogP contribution in [0.15, 0.2) is 92.1 Å². The number of fused-ring (bicyclic) bond motifs is 2. The zero-order chi connectivity index (χ0) is 22.2. The number of rotatable bonds is 8. The first-order chi connectivity index (χ1) is 15.5. The van der Waals surface area contributed by atoms with Gasteiger partial charge in [0.15, 0.2) is 31.3 Å². The van der Waals surface area contributed by atoms with Gasteiger partial charge in [0.25, 0.3) is 0 Å². The number of nitrogens with one attached hydrogen (secondary N) is 1. The predicted molar refractivity (Wildman–Crippen MR) is 125 cm³/mol. The molecule has 1 fully saturated rings. The van der Waals surface area contributed by atoms with Gasteiger partial charge in [-0.1, -0.05) is 19.7 Å². The lowest BCUT2D eigenvalue weighted by Gasteiger charge is -2.07. The maximum absolute atomic E-state index is 12.7. The van der Waals surface area contributed by atoms with Crippen molar-refractivity contribution in [1.29, 1.82) is 0 Å². The number of carbonyl (C=O) groups excluding carboxylic acids is 1. The Bertz CT molecular complexity index is 1220. The molecule has 0 radical (unpaired) electrons. The summed E-state index contributed by atoms with van der Waals surface area (Å²) in [6.07, 6.45) is 11.7. The number of anilines is 1. The second kappa shape index (κ2) is 8.08. The van der Waals surface area contributed by atoms with E-state index in [9.17, 15) is 4.79 Å². The van der Waals surface area contributed by atoms with Gasteiger partial charge in [-0.05, 0) is 47.3 Å². The van der Waals surface area contributed by atoms with Crippen LogP contribution in [-0.2, 0) is 25.9 Å². The molecule has 0 atom stereocenters. The van der Waals surface area contributed by atoms with Gasteiger partial charge >= 0.3 is 5.91 Å². The fraction of sp³-hybridized carbons (Fsp3) is 0.222. The van der Waals surface area contributed by atoms with Crippen LogP contribution in [0.3, 0.4) is 0 Å². The Morgan fingerprint density at radius 1 is 1.06 bits per heavy atom. The van der Waals surface area contributed by atoms with E-state index in [4.69, 9.17) is 0 Å². The van der Waals surface area contributed by atoms with Crippen molar-refractivity contribution in [2.24, 2.45) is 5.92 Å². The number of aromatic nitrogens is 3. The number of aryl methyl sites for hydroxylation is 1. The van der Waals surface area contributed by atoms with Gasteiger partial charge in [-0.15, -0.1) is 4.57 Å². The van der Waals surface area contributed by atoms with Crippen molar-refractivity contribution in [3.8, 4) is 11.1 Å². The van der Waals surface area contributed by atoms with Gasteiger partial charge in [-0.3, -0.25) is 0 Å². The molecule has 160 valence electrons. The molecule has 1 saturated carbocycles. The van der Waals surface area contributed by atoms with E-state index in [2.05, 4.69) is 52.4 Å². The average molecular weight is 425 g/mol. The van der Waals surface area contributed by atoms with Crippen LogP contribution in [0.25, 0.3) is 11.1 Å². The van der Waals surface area contributed by atoms with Gasteiger partial charge in [0.1, 0.15) is 6.54 Å². The average Bonchev–Trinajstić information content (AvgIpc) is 3.13. The minimum absolute atomic E-state index is 0.0122. The molecule has 1 N–H and O–H groups in total. The summed E-state index contributed by atoms with van der Waals surface area (Å²) in [4.78, 5) is 12.7. The summed E-state index contributed by atoms with van der Waals surface area (Å²) >= 11 is 0. The minimum atomic E-state index is 0.0122. The summed E-state index contributed by atoms with van der Waals surface area (Å²) in [5.41, 5.74) is 8.24. The highest BCUT2D eigenvalue weighted by atomic mass is 16.2. The van der Waals surface area contributed by atoms with E-state index in [1.165, 1.54) is 22.5 Å². The quantitative estimate of drug-likeness (QED) is 0.444. The van der Waals surface area contributed by atoms with Crippen molar-refractivity contribution in [3.05, 3.63) is 103 Å². The van der Waals surface area contributed by atoms with Crippen molar-refractivity contribution in [3.63, 3.8) is 0 Å². The van der Waals surface area contributed by atoms with E-state index in [1.54, 1.807) is 4.57 Å². The molecule has 5 nitrogen and oxygen atoms in total. The zero-order valence-corrected chi connectivity index (χ0v) is 18.3. The van der Waals surface area contributed by atoms with Crippen LogP contribution in [0.2, 0.25) is 0 Å². The summed E-state index contributed by atoms with van der Waals surface area (Å²) in [6, 6.07) is 10.3. The number of hydrogen-bond acceptors (Lipinski definition) is 2. The van der Waals surface area contributed by atoms with Crippen molar-refractivity contribution >= 4 is 11.6 Å². The highest BCUT2D eigenvalue weighted by Gasteiger charge is 2.35. The highest BCUT2D eigenvalue weighted by molar-refractivity contribution is 5.74. The first-order valence-electron chi connectivity index (χ1n) is 11.0. The topological polar surface area (TPSA) is 41.8 Å². The molecule has 5 rings (SSSR count). The molecule has 5 heteroatoms. The zero-order valence-electron chi connectivity index (χ0n) is 18.3. The van der Waals surface area contributed by atoms with E-state index in [0.717, 1.165) is 42.7 Å². The van der Waals surface area contributed by atoms with Crippen LogP contribution in [0.4, 0.5) is 5.69 Å². The molecule has 0 saturated heterocycles. The molecular weight excluding hydrogens is 396 g/mol. The molecule has 0 amide bonds. The molecule has 0 aromatic carbocycles. The third-order valence-corrected chi connectivity index (χ3v) is 6.56. The number of allylic oxidation sites excluding steroid dienone is 3. The van der Waals surface area contributed by atoms with E-state index in [1.807, 2.05) is 43.0 Å². The number of hydrogen-bond donors (Lipinski definition) is 1. The Morgan fingerprint density at radius 3 is 2.34 bits per heavy atom. The van der Waals surface area contributed by atoms with Crippen LogP contribution >= 0.6 is 0 Å². The fourth-order valence-electron chi connectivity index (χ4n) is 4.50. The maximum atomic E-state index is 12.7. The first-order valence-corrected chi connectivity index (χ1v) is 11.0. The number of pyridine rings is 2. The van der Waals surface area contributed by atoms with Gasteiger partial charge < -0.3 is 9.88 Å².